The van der Waals surface area contributed by atoms with E-state index in [0.717, 1.165) is 25.6 Å². The van der Waals surface area contributed by atoms with Gasteiger partial charge in [-0.1, -0.05) is 6.92 Å². The van der Waals surface area contributed by atoms with E-state index in [-0.39, 0.29) is 30.1 Å². The molecule has 0 radical (unpaired) electrons. The summed E-state index contributed by atoms with van der Waals surface area (Å²) in [5.74, 6) is 0.911. The minimum atomic E-state index is -0.217. The van der Waals surface area contributed by atoms with Crippen LogP contribution in [0.2, 0.25) is 0 Å². The first-order valence-electron chi connectivity index (χ1n) is 7.02. The number of thioether (sulfide) groups is 1. The van der Waals surface area contributed by atoms with E-state index in [1.54, 1.807) is 11.9 Å². The molecule has 0 spiro atoms. The third kappa shape index (κ3) is 6.94. The maximum absolute atomic E-state index is 11.6. The first-order chi connectivity index (χ1) is 9.62. The number of halogens is 1. The molecule has 1 rings (SSSR count). The molecule has 6 nitrogen and oxygen atoms in total. The Kier molecular flexibility index (Phi) is 11.0. The van der Waals surface area contributed by atoms with Gasteiger partial charge in [-0.3, -0.25) is 4.99 Å². The fraction of sp³-hybridized carbons (Fsp3) is 0.846. The van der Waals surface area contributed by atoms with Crippen LogP contribution in [-0.2, 0) is 4.74 Å². The van der Waals surface area contributed by atoms with Crippen LogP contribution in [-0.4, -0.2) is 79.7 Å². The van der Waals surface area contributed by atoms with E-state index in [2.05, 4.69) is 28.4 Å². The molecule has 1 atom stereocenters. The smallest absolute Gasteiger partial charge is 0.409 e. The number of nitrogens with zero attached hydrogens (tertiary/aromatic N) is 3. The van der Waals surface area contributed by atoms with E-state index in [4.69, 9.17) is 4.74 Å². The summed E-state index contributed by atoms with van der Waals surface area (Å²) in [7, 11) is 1.80. The first-order valence-corrected chi connectivity index (χ1v) is 8.31. The average Bonchev–Trinajstić information content (AvgIpc) is 2.48. The molecule has 0 aromatic carbocycles. The van der Waals surface area contributed by atoms with E-state index in [9.17, 15) is 4.79 Å². The summed E-state index contributed by atoms with van der Waals surface area (Å²) < 4.78 is 5.02. The number of carbonyl (C=O) groups excluding carboxylic acids is 1. The fourth-order valence-electron chi connectivity index (χ4n) is 1.97. The second-order valence-electron chi connectivity index (χ2n) is 4.65. The molecule has 1 fully saturated rings. The predicted octanol–water partition coefficient (Wildman–Crippen LogP) is 1.71. The molecule has 0 aliphatic carbocycles. The molecule has 21 heavy (non-hydrogen) atoms. The van der Waals surface area contributed by atoms with Crippen LogP contribution in [0.4, 0.5) is 4.79 Å². The van der Waals surface area contributed by atoms with Gasteiger partial charge in [0.05, 0.1) is 6.61 Å². The Morgan fingerprint density at radius 2 is 1.90 bits per heavy atom. The topological polar surface area (TPSA) is 57.2 Å². The van der Waals surface area contributed by atoms with E-state index >= 15 is 0 Å². The van der Waals surface area contributed by atoms with Crippen molar-refractivity contribution >= 4 is 47.8 Å². The number of nitrogens with one attached hydrogen (secondary N) is 1. The number of hydrogen-bond acceptors (Lipinski definition) is 4. The number of aliphatic imine (C=N–C) groups is 1. The highest BCUT2D eigenvalue weighted by molar-refractivity contribution is 14.0. The Bertz CT molecular complexity index is 336. The summed E-state index contributed by atoms with van der Waals surface area (Å²) in [4.78, 5) is 19.9. The van der Waals surface area contributed by atoms with Gasteiger partial charge in [0.2, 0.25) is 0 Å². The van der Waals surface area contributed by atoms with Gasteiger partial charge in [-0.05, 0) is 13.2 Å². The largest absolute Gasteiger partial charge is 0.450 e. The second kappa shape index (κ2) is 11.2. The molecule has 8 heteroatoms. The first kappa shape index (κ1) is 20.6. The van der Waals surface area contributed by atoms with E-state index in [1.165, 1.54) is 0 Å². The zero-order valence-electron chi connectivity index (χ0n) is 13.3. The summed E-state index contributed by atoms with van der Waals surface area (Å²) >= 11 is 1.83. The normalized spacial score (nSPS) is 17.0. The zero-order valence-corrected chi connectivity index (χ0v) is 16.4. The number of rotatable bonds is 4. The molecular weight excluding hydrogens is 403 g/mol. The lowest BCUT2D eigenvalue weighted by molar-refractivity contribution is 0.0915. The summed E-state index contributed by atoms with van der Waals surface area (Å²) in [5.41, 5.74) is 0. The van der Waals surface area contributed by atoms with Crippen molar-refractivity contribution in [3.63, 3.8) is 0 Å². The molecule has 0 aromatic heterocycles. The molecule has 1 aliphatic heterocycles. The van der Waals surface area contributed by atoms with Crippen molar-refractivity contribution in [3.05, 3.63) is 0 Å². The highest BCUT2D eigenvalue weighted by Gasteiger charge is 2.23. The van der Waals surface area contributed by atoms with Crippen LogP contribution < -0.4 is 5.32 Å². The highest BCUT2D eigenvalue weighted by atomic mass is 127. The summed E-state index contributed by atoms with van der Waals surface area (Å²) in [6, 6.07) is 0. The lowest BCUT2D eigenvalue weighted by atomic mass is 10.3. The minimum absolute atomic E-state index is 0. The summed E-state index contributed by atoms with van der Waals surface area (Å²) in [6.07, 6.45) is 1.89. The fourth-order valence-corrected chi connectivity index (χ4v) is 2.22. The molecular formula is C13H27IN4O2S. The van der Waals surface area contributed by atoms with Gasteiger partial charge in [-0.2, -0.15) is 11.8 Å². The van der Waals surface area contributed by atoms with Gasteiger partial charge in [0.15, 0.2) is 5.96 Å². The summed E-state index contributed by atoms with van der Waals surface area (Å²) in [5, 5.41) is 3.93. The second-order valence-corrected chi connectivity index (χ2v) is 5.92. The van der Waals surface area contributed by atoms with Crippen LogP contribution in [0.1, 0.15) is 13.8 Å². The number of guanidine groups is 1. The van der Waals surface area contributed by atoms with Crippen molar-refractivity contribution in [1.29, 1.82) is 0 Å². The third-order valence-electron chi connectivity index (χ3n) is 3.27. The molecule has 0 saturated carbocycles. The predicted molar refractivity (Wildman–Crippen MR) is 99.9 cm³/mol. The van der Waals surface area contributed by atoms with Gasteiger partial charge in [-0.15, -0.1) is 24.0 Å². The van der Waals surface area contributed by atoms with Gasteiger partial charge in [0.25, 0.3) is 0 Å². The van der Waals surface area contributed by atoms with Crippen LogP contribution in [0.3, 0.4) is 0 Å². The van der Waals surface area contributed by atoms with Crippen LogP contribution in [0.15, 0.2) is 4.99 Å². The molecule has 1 N–H and O–H groups in total. The molecule has 124 valence electrons. The Labute approximate surface area is 149 Å². The number of carbonyl (C=O) groups is 1. The number of piperazine rings is 1. The van der Waals surface area contributed by atoms with Gasteiger partial charge in [0.1, 0.15) is 0 Å². The van der Waals surface area contributed by atoms with Gasteiger partial charge in [0, 0.05) is 45.0 Å². The quantitative estimate of drug-likeness (QED) is 0.418. The molecule has 1 aliphatic rings. The van der Waals surface area contributed by atoms with Crippen molar-refractivity contribution in [2.75, 3.05) is 52.6 Å². The van der Waals surface area contributed by atoms with Crippen LogP contribution >= 0.6 is 35.7 Å². The highest BCUT2D eigenvalue weighted by Crippen LogP contribution is 2.06. The SMILES string of the molecule is CCOC(=O)N1CCN(C(=NC)NCC(C)SC)CC1.I. The Balaban J connectivity index is 0.00000400. The monoisotopic (exact) mass is 430 g/mol. The standard InChI is InChI=1S/C13H26N4O2S.HI/c1-5-19-13(18)17-8-6-16(7-9-17)12(14-3)15-10-11(2)20-4;/h11H,5-10H2,1-4H3,(H,14,15);1H. The van der Waals surface area contributed by atoms with Crippen molar-refractivity contribution in [3.8, 4) is 0 Å². The number of hydrogen-bond donors (Lipinski definition) is 1. The Hall–Kier alpha value is -0.380. The molecule has 1 amide bonds. The van der Waals surface area contributed by atoms with Crippen molar-refractivity contribution < 1.29 is 9.53 Å². The Morgan fingerprint density at radius 1 is 1.33 bits per heavy atom. The number of amides is 1. The molecule has 0 aromatic rings. The maximum atomic E-state index is 11.6. The van der Waals surface area contributed by atoms with Gasteiger partial charge in [-0.25, -0.2) is 4.79 Å². The third-order valence-corrected chi connectivity index (χ3v) is 4.24. The van der Waals surface area contributed by atoms with Crippen LogP contribution in [0.5, 0.6) is 0 Å². The van der Waals surface area contributed by atoms with E-state index in [1.807, 2.05) is 18.7 Å². The lowest BCUT2D eigenvalue weighted by Crippen LogP contribution is -2.54. The maximum Gasteiger partial charge on any atom is 0.409 e. The lowest BCUT2D eigenvalue weighted by Gasteiger charge is -2.36. The van der Waals surface area contributed by atoms with Crippen LogP contribution in [0.25, 0.3) is 0 Å². The van der Waals surface area contributed by atoms with Gasteiger partial charge < -0.3 is 19.9 Å². The Morgan fingerprint density at radius 3 is 2.38 bits per heavy atom. The minimum Gasteiger partial charge on any atom is -0.450 e. The van der Waals surface area contributed by atoms with E-state index < -0.39 is 0 Å². The van der Waals surface area contributed by atoms with Crippen molar-refractivity contribution in [2.24, 2.45) is 4.99 Å². The molecule has 1 unspecified atom stereocenters. The zero-order chi connectivity index (χ0) is 15.0. The molecule has 1 saturated heterocycles. The van der Waals surface area contributed by atoms with Gasteiger partial charge >= 0.3 is 6.09 Å². The van der Waals surface area contributed by atoms with E-state index in [0.29, 0.717) is 24.9 Å². The number of ether oxygens (including phenoxy) is 1. The summed E-state index contributed by atoms with van der Waals surface area (Å²) in [6.45, 7) is 8.25. The van der Waals surface area contributed by atoms with Crippen LogP contribution in [0, 0.1) is 0 Å². The van der Waals surface area contributed by atoms with Crippen molar-refractivity contribution in [1.82, 2.24) is 15.1 Å². The molecule has 1 heterocycles. The molecule has 0 bridgehead atoms. The van der Waals surface area contributed by atoms with Crippen molar-refractivity contribution in [2.45, 2.75) is 19.1 Å². The average molecular weight is 430 g/mol.